The van der Waals surface area contributed by atoms with E-state index in [1.807, 2.05) is 12.3 Å². The molecule has 3 aromatic rings. The number of carbonyl (C=O) groups excluding carboxylic acids is 1. The molecule has 0 bridgehead atoms. The van der Waals surface area contributed by atoms with Crippen LogP contribution in [0, 0.1) is 12.3 Å². The van der Waals surface area contributed by atoms with E-state index in [0.717, 1.165) is 41.4 Å². The van der Waals surface area contributed by atoms with E-state index < -0.39 is 10.0 Å². The van der Waals surface area contributed by atoms with E-state index >= 15 is 0 Å². The molecule has 0 radical (unpaired) electrons. The average molecular weight is 453 g/mol. The number of nitrogens with one attached hydrogen (secondary N) is 3. The Morgan fingerprint density at radius 3 is 3.00 bits per heavy atom. The zero-order chi connectivity index (χ0) is 22.7. The third kappa shape index (κ3) is 4.84. The van der Waals surface area contributed by atoms with Gasteiger partial charge in [0.2, 0.25) is 15.9 Å². The lowest BCUT2D eigenvalue weighted by Gasteiger charge is -2.34. The van der Waals surface area contributed by atoms with Crippen molar-refractivity contribution in [3.05, 3.63) is 36.8 Å². The van der Waals surface area contributed by atoms with Crippen molar-refractivity contribution in [3.8, 4) is 23.6 Å². The number of likely N-dealkylation sites (tertiary alicyclic amines) is 1. The second-order valence-corrected chi connectivity index (χ2v) is 9.54. The minimum Gasteiger partial charge on any atom is -0.379 e. The Labute approximate surface area is 186 Å². The van der Waals surface area contributed by atoms with E-state index in [-0.39, 0.29) is 18.4 Å². The van der Waals surface area contributed by atoms with Gasteiger partial charge in [-0.15, -0.1) is 6.42 Å². The Hall–Kier alpha value is -3.58. The minimum absolute atomic E-state index is 0.0297. The SMILES string of the molecule is C#CCC(=O)N1CCC[C@@H](Nc2c(-c3cc(NS(C)(=O)=O)ccn3)cnc3[nH]ccc23)C1. The highest BCUT2D eigenvalue weighted by molar-refractivity contribution is 7.92. The van der Waals surface area contributed by atoms with Crippen LogP contribution in [0.1, 0.15) is 19.3 Å². The van der Waals surface area contributed by atoms with Crippen LogP contribution in [-0.2, 0) is 14.8 Å². The molecule has 1 aliphatic heterocycles. The van der Waals surface area contributed by atoms with Gasteiger partial charge < -0.3 is 15.2 Å². The lowest BCUT2D eigenvalue weighted by atomic mass is 10.0. The van der Waals surface area contributed by atoms with Crippen molar-refractivity contribution in [1.29, 1.82) is 0 Å². The van der Waals surface area contributed by atoms with E-state index in [4.69, 9.17) is 6.42 Å². The number of piperidine rings is 1. The van der Waals surface area contributed by atoms with Crippen LogP contribution >= 0.6 is 0 Å². The van der Waals surface area contributed by atoms with Gasteiger partial charge in [-0.25, -0.2) is 13.4 Å². The van der Waals surface area contributed by atoms with Crippen molar-refractivity contribution in [2.45, 2.75) is 25.3 Å². The van der Waals surface area contributed by atoms with Gasteiger partial charge in [0.15, 0.2) is 0 Å². The molecule has 1 saturated heterocycles. The maximum absolute atomic E-state index is 12.3. The molecule has 0 unspecified atom stereocenters. The standard InChI is InChI=1S/C22H24N6O3S/c1-3-5-20(29)28-11-4-6-16(14-28)26-21-17-8-10-24-22(17)25-13-18(21)19-12-15(7-9-23-19)27-32(2,30)31/h1,7-10,12-13,16H,4-6,11,14H2,2H3,(H,23,27)(H2,24,25,26)/t16-/m1/s1. The fourth-order valence-corrected chi connectivity index (χ4v) is 4.49. The number of nitrogens with zero attached hydrogens (tertiary/aromatic N) is 3. The molecule has 0 aromatic carbocycles. The van der Waals surface area contributed by atoms with E-state index in [2.05, 4.69) is 30.9 Å². The zero-order valence-electron chi connectivity index (χ0n) is 17.6. The third-order valence-corrected chi connectivity index (χ3v) is 5.91. The van der Waals surface area contributed by atoms with Crippen LogP contribution in [0.15, 0.2) is 36.8 Å². The number of hydrogen-bond donors (Lipinski definition) is 3. The van der Waals surface area contributed by atoms with Crippen molar-refractivity contribution < 1.29 is 13.2 Å². The summed E-state index contributed by atoms with van der Waals surface area (Å²) in [6, 6.07) is 5.22. The van der Waals surface area contributed by atoms with Crippen LogP contribution in [0.5, 0.6) is 0 Å². The number of aromatic amines is 1. The van der Waals surface area contributed by atoms with E-state index in [0.29, 0.717) is 24.5 Å². The van der Waals surface area contributed by atoms with Gasteiger partial charge in [0.05, 0.1) is 29.7 Å². The molecule has 0 aliphatic carbocycles. The Kier molecular flexibility index (Phi) is 6.01. The van der Waals surface area contributed by atoms with Crippen molar-refractivity contribution in [1.82, 2.24) is 19.9 Å². The lowest BCUT2D eigenvalue weighted by Crippen LogP contribution is -2.45. The predicted octanol–water partition coefficient (Wildman–Crippen LogP) is 2.42. The van der Waals surface area contributed by atoms with Crippen molar-refractivity contribution in [2.24, 2.45) is 0 Å². The highest BCUT2D eigenvalue weighted by atomic mass is 32.2. The Morgan fingerprint density at radius 2 is 2.22 bits per heavy atom. The second-order valence-electron chi connectivity index (χ2n) is 7.79. The maximum Gasteiger partial charge on any atom is 0.234 e. The van der Waals surface area contributed by atoms with Crippen molar-refractivity contribution >= 4 is 38.3 Å². The molecule has 0 saturated carbocycles. The zero-order valence-corrected chi connectivity index (χ0v) is 18.4. The molecule has 3 N–H and O–H groups in total. The summed E-state index contributed by atoms with van der Waals surface area (Å²) in [5.41, 5.74) is 3.28. The number of pyridine rings is 2. The topological polar surface area (TPSA) is 120 Å². The number of anilines is 2. The first-order valence-electron chi connectivity index (χ1n) is 10.2. The monoisotopic (exact) mass is 452 g/mol. The van der Waals surface area contributed by atoms with Crippen LogP contribution in [-0.4, -0.2) is 59.6 Å². The maximum atomic E-state index is 12.3. The van der Waals surface area contributed by atoms with Gasteiger partial charge in [-0.1, -0.05) is 5.92 Å². The number of amides is 1. The molecular formula is C22H24N6O3S. The second kappa shape index (κ2) is 8.88. The van der Waals surface area contributed by atoms with E-state index in [1.165, 1.54) is 0 Å². The first-order chi connectivity index (χ1) is 15.3. The normalized spacial score (nSPS) is 16.5. The van der Waals surface area contributed by atoms with Crippen molar-refractivity contribution in [2.75, 3.05) is 29.4 Å². The molecule has 166 valence electrons. The fourth-order valence-electron chi connectivity index (χ4n) is 3.94. The highest BCUT2D eigenvalue weighted by Gasteiger charge is 2.25. The molecule has 0 spiro atoms. The summed E-state index contributed by atoms with van der Waals surface area (Å²) < 4.78 is 25.8. The quantitative estimate of drug-likeness (QED) is 0.494. The molecule has 3 aromatic heterocycles. The first-order valence-corrected chi connectivity index (χ1v) is 12.1. The smallest absolute Gasteiger partial charge is 0.234 e. The molecule has 9 nitrogen and oxygen atoms in total. The number of sulfonamides is 1. The van der Waals surface area contributed by atoms with Gasteiger partial charge in [0.25, 0.3) is 0 Å². The molecule has 4 rings (SSSR count). The Balaban J connectivity index is 1.68. The number of fused-ring (bicyclic) bond motifs is 1. The Morgan fingerprint density at radius 1 is 1.38 bits per heavy atom. The molecule has 32 heavy (non-hydrogen) atoms. The summed E-state index contributed by atoms with van der Waals surface area (Å²) in [4.78, 5) is 26.1. The van der Waals surface area contributed by atoms with Crippen LogP contribution in [0.4, 0.5) is 11.4 Å². The summed E-state index contributed by atoms with van der Waals surface area (Å²) in [5, 5.41) is 4.47. The third-order valence-electron chi connectivity index (χ3n) is 5.30. The molecule has 1 atom stereocenters. The summed E-state index contributed by atoms with van der Waals surface area (Å²) in [7, 11) is -3.42. The van der Waals surface area contributed by atoms with E-state index in [9.17, 15) is 13.2 Å². The number of carbonyl (C=O) groups is 1. The van der Waals surface area contributed by atoms with Gasteiger partial charge in [-0.3, -0.25) is 14.5 Å². The minimum atomic E-state index is -3.42. The first kappa shape index (κ1) is 21.6. The summed E-state index contributed by atoms with van der Waals surface area (Å²) in [5.74, 6) is 2.38. The van der Waals surface area contributed by atoms with E-state index in [1.54, 1.807) is 29.4 Å². The van der Waals surface area contributed by atoms with Crippen LogP contribution < -0.4 is 10.0 Å². The van der Waals surface area contributed by atoms with Gasteiger partial charge in [0.1, 0.15) is 5.65 Å². The summed E-state index contributed by atoms with van der Waals surface area (Å²) in [6.07, 6.45) is 13.3. The molecular weight excluding hydrogens is 428 g/mol. The molecule has 1 aliphatic rings. The van der Waals surface area contributed by atoms with Crippen LogP contribution in [0.2, 0.25) is 0 Å². The lowest BCUT2D eigenvalue weighted by molar-refractivity contribution is -0.131. The number of H-pyrrole nitrogens is 1. The van der Waals surface area contributed by atoms with Gasteiger partial charge in [0, 0.05) is 48.7 Å². The van der Waals surface area contributed by atoms with Crippen LogP contribution in [0.25, 0.3) is 22.3 Å². The molecule has 10 heteroatoms. The van der Waals surface area contributed by atoms with Crippen LogP contribution in [0.3, 0.4) is 0 Å². The number of terminal acetylenes is 1. The molecule has 1 amide bonds. The summed E-state index contributed by atoms with van der Waals surface area (Å²) >= 11 is 0. The summed E-state index contributed by atoms with van der Waals surface area (Å²) in [6.45, 7) is 1.25. The fraction of sp³-hybridized carbons (Fsp3) is 0.318. The van der Waals surface area contributed by atoms with Gasteiger partial charge >= 0.3 is 0 Å². The molecule has 4 heterocycles. The van der Waals surface area contributed by atoms with Crippen molar-refractivity contribution in [3.63, 3.8) is 0 Å². The number of aromatic nitrogens is 3. The number of hydrogen-bond acceptors (Lipinski definition) is 6. The largest absolute Gasteiger partial charge is 0.379 e. The van der Waals surface area contributed by atoms with Gasteiger partial charge in [-0.2, -0.15) is 0 Å². The molecule has 1 fully saturated rings. The number of rotatable bonds is 6. The highest BCUT2D eigenvalue weighted by Crippen LogP contribution is 2.34. The average Bonchev–Trinajstić information content (AvgIpc) is 3.23. The van der Waals surface area contributed by atoms with Gasteiger partial charge in [-0.05, 0) is 31.0 Å². The predicted molar refractivity (Wildman–Crippen MR) is 124 cm³/mol. The Bertz CT molecular complexity index is 1290.